The molecule has 2 N–H and O–H groups in total. The van der Waals surface area contributed by atoms with Crippen LogP contribution in [0.15, 0.2) is 42.5 Å². The van der Waals surface area contributed by atoms with Crippen LogP contribution < -0.4 is 10.6 Å². The first-order chi connectivity index (χ1) is 10.5. The van der Waals surface area contributed by atoms with Crippen LogP contribution in [-0.2, 0) is 16.1 Å². The van der Waals surface area contributed by atoms with Gasteiger partial charge in [0.05, 0.1) is 0 Å². The lowest BCUT2D eigenvalue weighted by Crippen LogP contribution is -2.35. The van der Waals surface area contributed by atoms with Gasteiger partial charge in [0, 0.05) is 11.6 Å². The molecule has 0 saturated heterocycles. The lowest BCUT2D eigenvalue weighted by Gasteiger charge is -2.08. The quantitative estimate of drug-likeness (QED) is 0.853. The fourth-order valence-corrected chi connectivity index (χ4v) is 1.78. The van der Waals surface area contributed by atoms with Crippen molar-refractivity contribution in [3.63, 3.8) is 0 Å². The Morgan fingerprint density at radius 2 is 1.55 bits per heavy atom. The van der Waals surface area contributed by atoms with E-state index < -0.39 is 29.1 Å². The van der Waals surface area contributed by atoms with E-state index in [-0.39, 0.29) is 6.54 Å². The molecule has 2 aromatic rings. The SMILES string of the molecule is O=C(NCc1ccc(Cl)cc1)C(=O)Nc1c(F)cccc1F. The molecule has 0 aliphatic heterocycles. The zero-order valence-electron chi connectivity index (χ0n) is 11.2. The second kappa shape index (κ2) is 7.00. The molecule has 0 heterocycles. The second-order valence-electron chi connectivity index (χ2n) is 4.36. The number of anilines is 1. The molecule has 114 valence electrons. The van der Waals surface area contributed by atoms with E-state index >= 15 is 0 Å². The first kappa shape index (κ1) is 15.9. The number of carbonyl (C=O) groups is 2. The van der Waals surface area contributed by atoms with E-state index in [1.54, 1.807) is 24.3 Å². The molecular weight excluding hydrogens is 314 g/mol. The van der Waals surface area contributed by atoms with Gasteiger partial charge in [-0.3, -0.25) is 9.59 Å². The van der Waals surface area contributed by atoms with Crippen molar-refractivity contribution in [3.8, 4) is 0 Å². The standard InChI is InChI=1S/C15H11ClF2N2O2/c16-10-6-4-9(5-7-10)8-19-14(21)15(22)20-13-11(17)2-1-3-12(13)18/h1-7H,8H2,(H,19,21)(H,20,22). The first-order valence-corrected chi connectivity index (χ1v) is 6.63. The molecule has 2 aromatic carbocycles. The van der Waals surface area contributed by atoms with Crippen molar-refractivity contribution in [1.82, 2.24) is 5.32 Å². The van der Waals surface area contributed by atoms with Gasteiger partial charge >= 0.3 is 11.8 Å². The molecule has 0 aliphatic carbocycles. The summed E-state index contributed by atoms with van der Waals surface area (Å²) in [5.74, 6) is -4.08. The molecule has 0 radical (unpaired) electrons. The molecule has 0 spiro atoms. The Hall–Kier alpha value is -2.47. The molecule has 0 aliphatic rings. The van der Waals surface area contributed by atoms with Gasteiger partial charge in [-0.25, -0.2) is 8.78 Å². The Balaban J connectivity index is 1.95. The van der Waals surface area contributed by atoms with Gasteiger partial charge in [-0.2, -0.15) is 0 Å². The average molecular weight is 325 g/mol. The van der Waals surface area contributed by atoms with Crippen molar-refractivity contribution in [2.24, 2.45) is 0 Å². The van der Waals surface area contributed by atoms with Crippen molar-refractivity contribution in [2.75, 3.05) is 5.32 Å². The van der Waals surface area contributed by atoms with Gasteiger partial charge in [0.2, 0.25) is 0 Å². The highest BCUT2D eigenvalue weighted by Crippen LogP contribution is 2.17. The van der Waals surface area contributed by atoms with Gasteiger partial charge in [-0.15, -0.1) is 0 Å². The van der Waals surface area contributed by atoms with E-state index in [1.807, 2.05) is 5.32 Å². The predicted molar refractivity (Wildman–Crippen MR) is 78.3 cm³/mol. The summed E-state index contributed by atoms with van der Waals surface area (Å²) < 4.78 is 26.7. The number of nitrogens with one attached hydrogen (secondary N) is 2. The van der Waals surface area contributed by atoms with Crippen LogP contribution in [0.2, 0.25) is 5.02 Å². The molecule has 0 bridgehead atoms. The van der Waals surface area contributed by atoms with E-state index in [0.717, 1.165) is 23.8 Å². The molecule has 22 heavy (non-hydrogen) atoms. The van der Waals surface area contributed by atoms with Crippen LogP contribution in [0.5, 0.6) is 0 Å². The van der Waals surface area contributed by atoms with E-state index in [4.69, 9.17) is 11.6 Å². The number of hydrogen-bond acceptors (Lipinski definition) is 2. The molecular formula is C15H11ClF2N2O2. The minimum atomic E-state index is -1.15. The molecule has 0 atom stereocenters. The number of amides is 2. The van der Waals surface area contributed by atoms with E-state index in [2.05, 4.69) is 5.32 Å². The number of hydrogen-bond donors (Lipinski definition) is 2. The summed E-state index contributed by atoms with van der Waals surface area (Å²) in [7, 11) is 0. The molecule has 0 aromatic heterocycles. The average Bonchev–Trinajstić information content (AvgIpc) is 2.50. The minimum Gasteiger partial charge on any atom is -0.344 e. The number of benzene rings is 2. The van der Waals surface area contributed by atoms with Crippen molar-refractivity contribution < 1.29 is 18.4 Å². The third-order valence-corrected chi connectivity index (χ3v) is 3.03. The Labute approximate surface area is 130 Å². The van der Waals surface area contributed by atoms with Crippen molar-refractivity contribution in [2.45, 2.75) is 6.54 Å². The normalized spacial score (nSPS) is 10.1. The van der Waals surface area contributed by atoms with Crippen molar-refractivity contribution in [3.05, 3.63) is 64.7 Å². The summed E-state index contributed by atoms with van der Waals surface area (Å²) >= 11 is 5.72. The first-order valence-electron chi connectivity index (χ1n) is 6.25. The lowest BCUT2D eigenvalue weighted by molar-refractivity contribution is -0.136. The molecule has 0 fully saturated rings. The summed E-state index contributed by atoms with van der Waals surface area (Å²) in [4.78, 5) is 23.2. The monoisotopic (exact) mass is 324 g/mol. The van der Waals surface area contributed by atoms with Crippen LogP contribution in [0, 0.1) is 11.6 Å². The van der Waals surface area contributed by atoms with Crippen LogP contribution >= 0.6 is 11.6 Å². The largest absolute Gasteiger partial charge is 0.344 e. The third-order valence-electron chi connectivity index (χ3n) is 2.77. The molecule has 2 rings (SSSR count). The fraction of sp³-hybridized carbons (Fsp3) is 0.0667. The highest BCUT2D eigenvalue weighted by molar-refractivity contribution is 6.39. The van der Waals surface area contributed by atoms with Crippen LogP contribution in [-0.4, -0.2) is 11.8 Å². The number of halogens is 3. The summed E-state index contributed by atoms with van der Waals surface area (Å²) in [5.41, 5.74) is 0.0664. The van der Waals surface area contributed by atoms with Gasteiger partial charge < -0.3 is 10.6 Å². The van der Waals surface area contributed by atoms with Gasteiger partial charge in [-0.05, 0) is 29.8 Å². The van der Waals surface area contributed by atoms with Crippen LogP contribution in [0.4, 0.5) is 14.5 Å². The zero-order valence-corrected chi connectivity index (χ0v) is 12.0. The maximum atomic E-state index is 13.4. The van der Waals surface area contributed by atoms with Crippen LogP contribution in [0.3, 0.4) is 0 Å². The Morgan fingerprint density at radius 1 is 0.955 bits per heavy atom. The zero-order chi connectivity index (χ0) is 16.1. The van der Waals surface area contributed by atoms with Gasteiger partial charge in [0.15, 0.2) is 0 Å². The second-order valence-corrected chi connectivity index (χ2v) is 4.80. The van der Waals surface area contributed by atoms with E-state index in [1.165, 1.54) is 0 Å². The minimum absolute atomic E-state index is 0.0865. The van der Waals surface area contributed by atoms with Gasteiger partial charge in [0.1, 0.15) is 17.3 Å². The summed E-state index contributed by atoms with van der Waals surface area (Å²) in [6.45, 7) is 0.0865. The highest BCUT2D eigenvalue weighted by Gasteiger charge is 2.17. The number of rotatable bonds is 3. The predicted octanol–water partition coefficient (Wildman–Crippen LogP) is 2.87. The number of carbonyl (C=O) groups excluding carboxylic acids is 2. The maximum Gasteiger partial charge on any atom is 0.313 e. The summed E-state index contributed by atoms with van der Waals surface area (Å²) in [6.07, 6.45) is 0. The smallest absolute Gasteiger partial charge is 0.313 e. The van der Waals surface area contributed by atoms with Crippen molar-refractivity contribution in [1.29, 1.82) is 0 Å². The summed E-state index contributed by atoms with van der Waals surface area (Å²) in [5, 5.41) is 4.78. The van der Waals surface area contributed by atoms with Crippen LogP contribution in [0.1, 0.15) is 5.56 Å². The molecule has 2 amide bonds. The lowest BCUT2D eigenvalue weighted by atomic mass is 10.2. The van der Waals surface area contributed by atoms with Crippen LogP contribution in [0.25, 0.3) is 0 Å². The third kappa shape index (κ3) is 4.02. The maximum absolute atomic E-state index is 13.4. The molecule has 4 nitrogen and oxygen atoms in total. The Bertz CT molecular complexity index is 685. The Kier molecular flexibility index (Phi) is 5.06. The molecule has 7 heteroatoms. The molecule has 0 unspecified atom stereocenters. The van der Waals surface area contributed by atoms with Crippen molar-refractivity contribution >= 4 is 29.1 Å². The van der Waals surface area contributed by atoms with E-state index in [9.17, 15) is 18.4 Å². The van der Waals surface area contributed by atoms with E-state index in [0.29, 0.717) is 5.02 Å². The topological polar surface area (TPSA) is 58.2 Å². The fourth-order valence-electron chi connectivity index (χ4n) is 1.65. The number of para-hydroxylation sites is 1. The molecule has 0 saturated carbocycles. The van der Waals surface area contributed by atoms with Gasteiger partial charge in [-0.1, -0.05) is 29.8 Å². The van der Waals surface area contributed by atoms with Gasteiger partial charge in [0.25, 0.3) is 0 Å². The summed E-state index contributed by atoms with van der Waals surface area (Å²) in [6, 6.07) is 9.74. The Morgan fingerprint density at radius 3 is 2.14 bits per heavy atom. The highest BCUT2D eigenvalue weighted by atomic mass is 35.5.